The van der Waals surface area contributed by atoms with Gasteiger partial charge in [-0.25, -0.2) is 0 Å². The van der Waals surface area contributed by atoms with Crippen molar-refractivity contribution in [2.24, 2.45) is 0 Å². The lowest BCUT2D eigenvalue weighted by molar-refractivity contribution is -0.303. The quantitative estimate of drug-likeness (QED) is 0.456. The highest BCUT2D eigenvalue weighted by atomic mass is 35.5. The van der Waals surface area contributed by atoms with Gasteiger partial charge in [0.05, 0.1) is 25.3 Å². The molecule has 0 saturated carbocycles. The predicted octanol–water partition coefficient (Wildman–Crippen LogP) is 3.51. The van der Waals surface area contributed by atoms with E-state index in [-0.39, 0.29) is 27.7 Å². The van der Waals surface area contributed by atoms with Crippen LogP contribution in [0.3, 0.4) is 0 Å². The van der Waals surface area contributed by atoms with E-state index in [1.807, 2.05) is 0 Å². The van der Waals surface area contributed by atoms with E-state index in [0.29, 0.717) is 17.2 Å². The van der Waals surface area contributed by atoms with E-state index in [4.69, 9.17) is 21.1 Å². The first-order chi connectivity index (χ1) is 14.1. The molecule has 0 amide bonds. The highest BCUT2D eigenvalue weighted by Crippen LogP contribution is 2.49. The average Bonchev–Trinajstić information content (AvgIpc) is 3.09. The molecule has 3 aromatic rings. The molecule has 13 heteroatoms. The van der Waals surface area contributed by atoms with E-state index in [0.717, 1.165) is 12.1 Å². The molecular weight excluding hydrogens is 451 g/mol. The summed E-state index contributed by atoms with van der Waals surface area (Å²) in [5, 5.41) is -3.84. The molecule has 0 bridgehead atoms. The Kier molecular flexibility index (Phi) is 5.03. The molecule has 1 N–H and O–H groups in total. The van der Waals surface area contributed by atoms with Gasteiger partial charge in [-0.1, -0.05) is 0 Å². The van der Waals surface area contributed by atoms with E-state index in [9.17, 15) is 17.7 Å². The number of methoxy groups -OCH3 is 2. The van der Waals surface area contributed by atoms with Crippen LogP contribution in [0.5, 0.6) is 23.0 Å². The lowest BCUT2D eigenvalue weighted by Gasteiger charge is -2.33. The molecule has 0 saturated heterocycles. The standard InChI is InChI=1S/C17H13ClF3N3O5S/c1-26-11-3-4-22-10(14(11)27-2)7-30(25)15-23-8-5-12-13(6-9(8)24-15)29-17(20,21)16(18,19)28-12/h3-6H,7H2,1-2H3,(H,23,24). The second-order valence-electron chi connectivity index (χ2n) is 6.08. The number of halogens is 4. The maximum Gasteiger partial charge on any atom is 0.488 e. The van der Waals surface area contributed by atoms with Crippen molar-refractivity contribution in [3.05, 3.63) is 30.1 Å². The van der Waals surface area contributed by atoms with E-state index < -0.39 is 28.3 Å². The summed E-state index contributed by atoms with van der Waals surface area (Å²) >= 11 is 3.36. The van der Waals surface area contributed by atoms with Gasteiger partial charge in [0.2, 0.25) is 0 Å². The molecular formula is C17H13ClF3N3O5S. The fourth-order valence-corrected chi connectivity index (χ4v) is 3.94. The Labute approximate surface area is 175 Å². The van der Waals surface area contributed by atoms with Crippen LogP contribution in [-0.2, 0) is 16.9 Å². The topological polar surface area (TPSA) is 102 Å². The molecule has 30 heavy (non-hydrogen) atoms. The average molecular weight is 464 g/mol. The summed E-state index contributed by atoms with van der Waals surface area (Å²) < 4.78 is 73.1. The zero-order valence-corrected chi connectivity index (χ0v) is 16.9. The molecule has 1 aromatic carbocycles. The molecule has 2 aromatic heterocycles. The largest absolute Gasteiger partial charge is 0.609 e. The van der Waals surface area contributed by atoms with Crippen LogP contribution in [0.15, 0.2) is 29.6 Å². The van der Waals surface area contributed by atoms with Crippen molar-refractivity contribution < 1.29 is 36.7 Å². The Hall–Kier alpha value is -2.57. The maximum atomic E-state index is 13.8. The van der Waals surface area contributed by atoms with E-state index in [1.54, 1.807) is 6.07 Å². The van der Waals surface area contributed by atoms with Gasteiger partial charge in [-0.3, -0.25) is 9.97 Å². The first-order valence-corrected chi connectivity index (χ1v) is 9.96. The molecule has 0 fully saturated rings. The molecule has 0 radical (unpaired) electrons. The number of imidazole rings is 1. The summed E-state index contributed by atoms with van der Waals surface area (Å²) in [6.07, 6.45) is -2.93. The van der Waals surface area contributed by atoms with Gasteiger partial charge in [-0.2, -0.15) is 18.2 Å². The second kappa shape index (κ2) is 7.29. The maximum absolute atomic E-state index is 13.8. The molecule has 1 aliphatic rings. The third-order valence-electron chi connectivity index (χ3n) is 4.19. The minimum absolute atomic E-state index is 0.0307. The number of rotatable bonds is 5. The Bertz CT molecular complexity index is 1060. The summed E-state index contributed by atoms with van der Waals surface area (Å²) in [6.45, 7) is 0. The van der Waals surface area contributed by atoms with Crippen LogP contribution in [0.2, 0.25) is 0 Å². The number of H-pyrrole nitrogens is 1. The molecule has 0 spiro atoms. The number of benzene rings is 1. The van der Waals surface area contributed by atoms with E-state index in [2.05, 4.69) is 24.4 Å². The minimum Gasteiger partial charge on any atom is -0.609 e. The molecule has 160 valence electrons. The summed E-state index contributed by atoms with van der Waals surface area (Å²) in [7, 11) is 2.88. The van der Waals surface area contributed by atoms with Crippen LogP contribution >= 0.6 is 11.6 Å². The van der Waals surface area contributed by atoms with Crippen molar-refractivity contribution in [1.29, 1.82) is 0 Å². The van der Waals surface area contributed by atoms with Crippen molar-refractivity contribution in [3.63, 3.8) is 0 Å². The number of pyridine rings is 1. The summed E-state index contributed by atoms with van der Waals surface area (Å²) in [6, 6.07) is 3.87. The monoisotopic (exact) mass is 463 g/mol. The molecule has 8 nitrogen and oxygen atoms in total. The van der Waals surface area contributed by atoms with Crippen molar-refractivity contribution in [2.45, 2.75) is 22.3 Å². The number of hydrogen-bond donors (Lipinski definition) is 1. The smallest absolute Gasteiger partial charge is 0.488 e. The van der Waals surface area contributed by atoms with Gasteiger partial charge < -0.3 is 23.5 Å². The number of hydrogen-bond acceptors (Lipinski definition) is 7. The van der Waals surface area contributed by atoms with Gasteiger partial charge in [-0.15, -0.1) is 0 Å². The van der Waals surface area contributed by atoms with Crippen molar-refractivity contribution in [1.82, 2.24) is 15.0 Å². The second-order valence-corrected chi connectivity index (χ2v) is 7.93. The third-order valence-corrected chi connectivity index (χ3v) is 5.65. The molecule has 2 atom stereocenters. The summed E-state index contributed by atoms with van der Waals surface area (Å²) in [5.41, 5.74) is 0.776. The number of ether oxygens (including phenoxy) is 4. The van der Waals surface area contributed by atoms with Crippen LogP contribution in [0.25, 0.3) is 11.0 Å². The fraction of sp³-hybridized carbons (Fsp3) is 0.294. The number of nitrogens with zero attached hydrogens (tertiary/aromatic N) is 2. The lowest BCUT2D eigenvalue weighted by Crippen LogP contribution is -2.51. The Morgan fingerprint density at radius 3 is 2.63 bits per heavy atom. The zero-order chi connectivity index (χ0) is 21.7. The molecule has 3 heterocycles. The SMILES string of the molecule is COc1ccnc(C[S+]([O-])c2nc3cc4c(cc3[nH]2)OC(F)(F)C(F)(Cl)O4)c1OC. The van der Waals surface area contributed by atoms with Gasteiger partial charge in [-0.05, 0) is 11.6 Å². The third kappa shape index (κ3) is 3.44. The van der Waals surface area contributed by atoms with Crippen LogP contribution in [0.1, 0.15) is 5.69 Å². The molecule has 1 aliphatic heterocycles. The highest BCUT2D eigenvalue weighted by Gasteiger charge is 2.63. The van der Waals surface area contributed by atoms with Crippen molar-refractivity contribution in [2.75, 3.05) is 14.2 Å². The van der Waals surface area contributed by atoms with Gasteiger partial charge in [0.15, 0.2) is 28.8 Å². The number of fused-ring (bicyclic) bond motifs is 2. The number of aromatic nitrogens is 3. The number of alkyl halides is 4. The zero-order valence-electron chi connectivity index (χ0n) is 15.4. The Balaban J connectivity index is 1.65. The first-order valence-electron chi connectivity index (χ1n) is 8.27. The van der Waals surface area contributed by atoms with Crippen molar-refractivity contribution in [3.8, 4) is 23.0 Å². The van der Waals surface area contributed by atoms with Crippen molar-refractivity contribution >= 4 is 33.8 Å². The highest BCUT2D eigenvalue weighted by molar-refractivity contribution is 7.90. The fourth-order valence-electron chi connectivity index (χ4n) is 2.80. The first kappa shape index (κ1) is 20.7. The minimum atomic E-state index is -4.41. The molecule has 0 aliphatic carbocycles. The molecule has 2 unspecified atom stereocenters. The van der Waals surface area contributed by atoms with Gasteiger partial charge in [0.1, 0.15) is 5.69 Å². The Morgan fingerprint density at radius 2 is 1.93 bits per heavy atom. The number of nitrogens with one attached hydrogen (secondary N) is 1. The summed E-state index contributed by atoms with van der Waals surface area (Å²) in [5.74, 6) is -0.141. The van der Waals surface area contributed by atoms with E-state index in [1.165, 1.54) is 20.4 Å². The van der Waals surface area contributed by atoms with E-state index >= 15 is 0 Å². The predicted molar refractivity (Wildman–Crippen MR) is 99.4 cm³/mol. The molecule has 4 rings (SSSR count). The number of aromatic amines is 1. The summed E-state index contributed by atoms with van der Waals surface area (Å²) in [4.78, 5) is 11.1. The van der Waals surface area contributed by atoms with Gasteiger partial charge in [0, 0.05) is 35.6 Å². The van der Waals surface area contributed by atoms with Crippen LogP contribution in [-0.4, -0.2) is 45.1 Å². The van der Waals surface area contributed by atoms with Crippen LogP contribution < -0.4 is 18.9 Å². The van der Waals surface area contributed by atoms with Gasteiger partial charge >= 0.3 is 16.6 Å². The van der Waals surface area contributed by atoms with Crippen LogP contribution in [0, 0.1) is 0 Å². The van der Waals surface area contributed by atoms with Crippen LogP contribution in [0.4, 0.5) is 13.2 Å². The van der Waals surface area contributed by atoms with Gasteiger partial charge in [0.25, 0.3) is 0 Å². The Morgan fingerprint density at radius 1 is 1.20 bits per heavy atom. The lowest BCUT2D eigenvalue weighted by atomic mass is 10.2. The normalized spacial score (nSPS) is 20.8.